The number of carbonyl (C=O) groups is 2. The molecule has 5 nitrogen and oxygen atoms in total. The minimum Gasteiger partial charge on any atom is -0.331 e. The minimum atomic E-state index is -0.431. The molecular formula is C24H26N2O3. The number of Topliss-reactive ketones (excluding diaryl/α,β-unsaturated/α-hetero) is 1. The second-order valence-electron chi connectivity index (χ2n) is 8.12. The summed E-state index contributed by atoms with van der Waals surface area (Å²) in [4.78, 5) is 41.0. The maximum Gasteiger partial charge on any atom is 0.268 e. The maximum atomic E-state index is 13.5. The van der Waals surface area contributed by atoms with Crippen molar-refractivity contribution in [1.29, 1.82) is 0 Å². The van der Waals surface area contributed by atoms with Gasteiger partial charge in [0.1, 0.15) is 5.56 Å². The van der Waals surface area contributed by atoms with Crippen LogP contribution in [0.25, 0.3) is 5.69 Å². The molecule has 150 valence electrons. The topological polar surface area (TPSA) is 59.4 Å². The van der Waals surface area contributed by atoms with Crippen molar-refractivity contribution in [3.05, 3.63) is 88.9 Å². The van der Waals surface area contributed by atoms with Gasteiger partial charge >= 0.3 is 0 Å². The van der Waals surface area contributed by atoms with Crippen LogP contribution in [0.15, 0.2) is 66.5 Å². The number of hydrogen-bond donors (Lipinski definition) is 0. The first kappa shape index (κ1) is 20.5. The van der Waals surface area contributed by atoms with E-state index < -0.39 is 11.5 Å². The van der Waals surface area contributed by atoms with Crippen molar-refractivity contribution in [2.24, 2.45) is 5.41 Å². The van der Waals surface area contributed by atoms with E-state index in [2.05, 4.69) is 13.2 Å². The summed E-state index contributed by atoms with van der Waals surface area (Å²) in [5.74, 6) is -0.478. The largest absolute Gasteiger partial charge is 0.331 e. The van der Waals surface area contributed by atoms with Crippen LogP contribution in [0.5, 0.6) is 0 Å². The molecule has 0 spiro atoms. The van der Waals surface area contributed by atoms with Crippen molar-refractivity contribution < 1.29 is 9.59 Å². The molecule has 1 aliphatic carbocycles. The van der Waals surface area contributed by atoms with Gasteiger partial charge in [0.2, 0.25) is 0 Å². The van der Waals surface area contributed by atoms with Crippen molar-refractivity contribution >= 4 is 11.7 Å². The summed E-state index contributed by atoms with van der Waals surface area (Å²) in [6, 6.07) is 10.6. The van der Waals surface area contributed by atoms with Gasteiger partial charge in [0.05, 0.1) is 0 Å². The van der Waals surface area contributed by atoms with E-state index in [9.17, 15) is 14.4 Å². The highest BCUT2D eigenvalue weighted by atomic mass is 16.2. The van der Waals surface area contributed by atoms with E-state index in [0.717, 1.165) is 0 Å². The number of aromatic nitrogens is 1. The minimum absolute atomic E-state index is 0.00985. The van der Waals surface area contributed by atoms with Crippen LogP contribution in [0.4, 0.5) is 0 Å². The number of benzene rings is 1. The number of rotatable bonds is 6. The summed E-state index contributed by atoms with van der Waals surface area (Å²) in [5, 5.41) is 0. The summed E-state index contributed by atoms with van der Waals surface area (Å²) >= 11 is 0. The number of fused-ring (bicyclic) bond motifs is 1. The Labute approximate surface area is 171 Å². The van der Waals surface area contributed by atoms with E-state index >= 15 is 0 Å². The molecular weight excluding hydrogens is 364 g/mol. The number of pyridine rings is 1. The van der Waals surface area contributed by atoms with Gasteiger partial charge in [-0.2, -0.15) is 0 Å². The first-order chi connectivity index (χ1) is 13.8. The van der Waals surface area contributed by atoms with Gasteiger partial charge in [0.15, 0.2) is 5.78 Å². The first-order valence-electron chi connectivity index (χ1n) is 9.67. The summed E-state index contributed by atoms with van der Waals surface area (Å²) in [6.45, 7) is 12.0. The molecule has 0 saturated carbocycles. The van der Waals surface area contributed by atoms with Crippen LogP contribution in [0, 0.1) is 5.41 Å². The Balaban J connectivity index is 2.28. The lowest BCUT2D eigenvalue weighted by Gasteiger charge is -2.32. The molecule has 0 radical (unpaired) electrons. The summed E-state index contributed by atoms with van der Waals surface area (Å²) in [7, 11) is 0. The highest BCUT2D eigenvalue weighted by Crippen LogP contribution is 2.35. The maximum absolute atomic E-state index is 13.5. The Hall–Kier alpha value is -3.21. The zero-order valence-corrected chi connectivity index (χ0v) is 17.0. The van der Waals surface area contributed by atoms with E-state index in [4.69, 9.17) is 0 Å². The van der Waals surface area contributed by atoms with Gasteiger partial charge in [0, 0.05) is 36.5 Å². The van der Waals surface area contributed by atoms with Gasteiger partial charge in [-0.3, -0.25) is 19.0 Å². The number of amides is 1. The number of nitrogens with zero attached hydrogens (tertiary/aromatic N) is 2. The molecule has 5 heteroatoms. The summed E-state index contributed by atoms with van der Waals surface area (Å²) in [5.41, 5.74) is 1.09. The molecule has 2 aromatic rings. The van der Waals surface area contributed by atoms with Crippen LogP contribution in [0.1, 0.15) is 46.7 Å². The van der Waals surface area contributed by atoms with Gasteiger partial charge in [-0.15, -0.1) is 13.2 Å². The van der Waals surface area contributed by atoms with Gasteiger partial charge in [-0.05, 0) is 30.0 Å². The third-order valence-electron chi connectivity index (χ3n) is 5.12. The fourth-order valence-corrected chi connectivity index (χ4v) is 3.84. The standard InChI is InChI=1S/C24H26N2O3/c1-5-12-25(13-6-2)22(28)19-14-18-20(15-24(3,4)16-21(18)27)26(23(19)29)17-10-8-7-9-11-17/h5-11,14H,1-2,12-13,15-16H2,3-4H3. The quantitative estimate of drug-likeness (QED) is 0.705. The molecule has 29 heavy (non-hydrogen) atoms. The molecule has 1 amide bonds. The predicted molar refractivity (Wildman–Crippen MR) is 115 cm³/mol. The molecule has 0 fully saturated rings. The van der Waals surface area contributed by atoms with Gasteiger partial charge in [-0.1, -0.05) is 44.2 Å². The average molecular weight is 390 g/mol. The summed E-state index contributed by atoms with van der Waals surface area (Å²) in [6.07, 6.45) is 4.16. The molecule has 0 aliphatic heterocycles. The fraction of sp³-hybridized carbons (Fsp3) is 0.292. The lowest BCUT2D eigenvalue weighted by molar-refractivity contribution is 0.0788. The van der Waals surface area contributed by atoms with E-state index in [-0.39, 0.29) is 29.9 Å². The molecule has 1 aromatic heterocycles. The zero-order valence-electron chi connectivity index (χ0n) is 17.0. The lowest BCUT2D eigenvalue weighted by atomic mass is 9.75. The van der Waals surface area contributed by atoms with Crippen molar-refractivity contribution in [3.8, 4) is 5.69 Å². The van der Waals surface area contributed by atoms with Crippen molar-refractivity contribution in [3.63, 3.8) is 0 Å². The molecule has 0 unspecified atom stereocenters. The SMILES string of the molecule is C=CCN(CC=C)C(=O)c1cc2c(n(-c3ccccc3)c1=O)CC(C)(C)CC2=O. The van der Waals surface area contributed by atoms with Crippen LogP contribution in [0.3, 0.4) is 0 Å². The molecule has 1 heterocycles. The average Bonchev–Trinajstić information content (AvgIpc) is 2.67. The van der Waals surface area contributed by atoms with Crippen LogP contribution < -0.4 is 5.56 Å². The first-order valence-corrected chi connectivity index (χ1v) is 9.67. The van der Waals surface area contributed by atoms with E-state index in [0.29, 0.717) is 29.8 Å². The fourth-order valence-electron chi connectivity index (χ4n) is 3.84. The number of hydrogen-bond acceptors (Lipinski definition) is 3. The third kappa shape index (κ3) is 3.99. The van der Waals surface area contributed by atoms with E-state index in [1.165, 1.54) is 15.5 Å². The third-order valence-corrected chi connectivity index (χ3v) is 5.12. The molecule has 0 saturated heterocycles. The number of ketones is 1. The van der Waals surface area contributed by atoms with E-state index in [1.54, 1.807) is 12.2 Å². The number of carbonyl (C=O) groups excluding carboxylic acids is 2. The zero-order chi connectivity index (χ0) is 21.2. The Bertz CT molecular complexity index is 1020. The van der Waals surface area contributed by atoms with Gasteiger partial charge < -0.3 is 4.90 Å². The van der Waals surface area contributed by atoms with Crippen molar-refractivity contribution in [2.45, 2.75) is 26.7 Å². The lowest BCUT2D eigenvalue weighted by Crippen LogP contribution is -2.40. The molecule has 1 aliphatic rings. The molecule has 1 aromatic carbocycles. The molecule has 0 bridgehead atoms. The van der Waals surface area contributed by atoms with Crippen molar-refractivity contribution in [1.82, 2.24) is 9.47 Å². The van der Waals surface area contributed by atoms with E-state index in [1.807, 2.05) is 44.2 Å². The van der Waals surface area contributed by atoms with Gasteiger partial charge in [0.25, 0.3) is 11.5 Å². The predicted octanol–water partition coefficient (Wildman–Crippen LogP) is 3.81. The van der Waals surface area contributed by atoms with Crippen LogP contribution in [-0.4, -0.2) is 34.2 Å². The monoisotopic (exact) mass is 390 g/mol. The highest BCUT2D eigenvalue weighted by Gasteiger charge is 2.35. The number of para-hydroxylation sites is 1. The smallest absolute Gasteiger partial charge is 0.268 e. The molecule has 0 atom stereocenters. The Morgan fingerprint density at radius 3 is 2.31 bits per heavy atom. The van der Waals surface area contributed by atoms with Gasteiger partial charge in [-0.25, -0.2) is 0 Å². The van der Waals surface area contributed by atoms with Crippen LogP contribution in [0.2, 0.25) is 0 Å². The summed E-state index contributed by atoms with van der Waals surface area (Å²) < 4.78 is 1.53. The van der Waals surface area contributed by atoms with Crippen LogP contribution in [-0.2, 0) is 6.42 Å². The van der Waals surface area contributed by atoms with Crippen molar-refractivity contribution in [2.75, 3.05) is 13.1 Å². The molecule has 3 rings (SSSR count). The Morgan fingerprint density at radius 2 is 1.72 bits per heavy atom. The Morgan fingerprint density at radius 1 is 1.10 bits per heavy atom. The van der Waals surface area contributed by atoms with Crippen LogP contribution >= 0.6 is 0 Å². The second kappa shape index (κ2) is 8.03. The Kier molecular flexibility index (Phi) is 5.69. The highest BCUT2D eigenvalue weighted by molar-refractivity contribution is 6.02. The normalized spacial score (nSPS) is 14.8. The second-order valence-corrected chi connectivity index (χ2v) is 8.12. The molecule has 0 N–H and O–H groups in total.